The summed E-state index contributed by atoms with van der Waals surface area (Å²) in [5.41, 5.74) is 6.35. The minimum absolute atomic E-state index is 0.0292. The van der Waals surface area contributed by atoms with Crippen LogP contribution in [0.5, 0.6) is 0 Å². The van der Waals surface area contributed by atoms with Gasteiger partial charge in [-0.1, -0.05) is 6.07 Å². The van der Waals surface area contributed by atoms with Crippen LogP contribution in [-0.4, -0.2) is 38.7 Å². The van der Waals surface area contributed by atoms with Gasteiger partial charge in [0.25, 0.3) is 11.5 Å². The van der Waals surface area contributed by atoms with E-state index in [2.05, 4.69) is 5.10 Å². The molecule has 1 aliphatic rings. The van der Waals surface area contributed by atoms with E-state index < -0.39 is 29.6 Å². The van der Waals surface area contributed by atoms with E-state index in [1.54, 1.807) is 18.5 Å². The molecule has 0 unspecified atom stereocenters. The molecule has 28 heavy (non-hydrogen) atoms. The lowest BCUT2D eigenvalue weighted by atomic mass is 10.2. The van der Waals surface area contributed by atoms with Crippen molar-refractivity contribution in [1.82, 2.24) is 19.2 Å². The van der Waals surface area contributed by atoms with Crippen LogP contribution in [0.4, 0.5) is 18.9 Å². The summed E-state index contributed by atoms with van der Waals surface area (Å²) in [4.78, 5) is 27.0. The Bertz CT molecular complexity index is 1210. The summed E-state index contributed by atoms with van der Waals surface area (Å²) in [5, 5.41) is 4.28. The molecule has 2 N–H and O–H groups in total. The average Bonchev–Trinajstić information content (AvgIpc) is 2.96. The van der Waals surface area contributed by atoms with Gasteiger partial charge in [-0.2, -0.15) is 5.10 Å². The maximum atomic E-state index is 14.0. The minimum Gasteiger partial charge on any atom is -0.396 e. The number of amides is 1. The number of fused-ring (bicyclic) bond motifs is 3. The van der Waals surface area contributed by atoms with E-state index in [-0.39, 0.29) is 28.2 Å². The van der Waals surface area contributed by atoms with Crippen LogP contribution in [0.25, 0.3) is 10.9 Å². The first-order chi connectivity index (χ1) is 13.2. The van der Waals surface area contributed by atoms with Crippen molar-refractivity contribution in [1.29, 1.82) is 0 Å². The molecule has 7 nitrogen and oxygen atoms in total. The van der Waals surface area contributed by atoms with Gasteiger partial charge in [0.05, 0.1) is 28.8 Å². The van der Waals surface area contributed by atoms with Gasteiger partial charge in [-0.25, -0.2) is 17.9 Å². The molecule has 146 valence electrons. The highest BCUT2D eigenvalue weighted by molar-refractivity contribution is 6.08. The van der Waals surface area contributed by atoms with Gasteiger partial charge in [0.2, 0.25) is 0 Å². The van der Waals surface area contributed by atoms with Crippen LogP contribution in [0.1, 0.15) is 21.7 Å². The molecule has 1 aromatic carbocycles. The molecule has 0 spiro atoms. The SMILES string of the molecule is Cc1nn(Cc2ccc(F)c(F)c2F)c(=O)c2c(N)c3n(c12)CCN(C)C3=O. The van der Waals surface area contributed by atoms with Gasteiger partial charge >= 0.3 is 0 Å². The van der Waals surface area contributed by atoms with Crippen molar-refractivity contribution in [2.24, 2.45) is 0 Å². The number of nitrogens with two attached hydrogens (primary N) is 1. The third-order valence-corrected chi connectivity index (χ3v) is 5.01. The third kappa shape index (κ3) is 2.40. The highest BCUT2D eigenvalue weighted by atomic mass is 19.2. The fourth-order valence-corrected chi connectivity index (χ4v) is 3.58. The molecule has 3 aromatic rings. The molecule has 0 bridgehead atoms. The Balaban J connectivity index is 1.93. The number of benzene rings is 1. The zero-order chi connectivity index (χ0) is 20.3. The number of nitrogen functional groups attached to an aromatic ring is 1. The number of carbonyl (C=O) groups excluding carboxylic acids is 1. The molecule has 2 aromatic heterocycles. The molecule has 0 radical (unpaired) electrons. The van der Waals surface area contributed by atoms with Crippen LogP contribution < -0.4 is 11.3 Å². The smallest absolute Gasteiger partial charge is 0.278 e. The van der Waals surface area contributed by atoms with Crippen LogP contribution in [0, 0.1) is 24.4 Å². The van der Waals surface area contributed by atoms with Gasteiger partial charge < -0.3 is 15.2 Å². The Labute approximate surface area is 156 Å². The Hall–Kier alpha value is -3.30. The predicted molar refractivity (Wildman–Crippen MR) is 95.5 cm³/mol. The first-order valence-corrected chi connectivity index (χ1v) is 8.49. The fraction of sp³-hybridized carbons (Fsp3) is 0.278. The zero-order valence-corrected chi connectivity index (χ0v) is 15.1. The van der Waals surface area contributed by atoms with Gasteiger partial charge in [-0.05, 0) is 13.0 Å². The van der Waals surface area contributed by atoms with Crippen LogP contribution >= 0.6 is 0 Å². The number of aromatic nitrogens is 3. The first kappa shape index (κ1) is 18.1. The van der Waals surface area contributed by atoms with Gasteiger partial charge in [0.15, 0.2) is 17.5 Å². The summed E-state index contributed by atoms with van der Waals surface area (Å²) in [7, 11) is 1.64. The van der Waals surface area contributed by atoms with Crippen molar-refractivity contribution < 1.29 is 18.0 Å². The monoisotopic (exact) mass is 391 g/mol. The van der Waals surface area contributed by atoms with Crippen molar-refractivity contribution in [3.63, 3.8) is 0 Å². The van der Waals surface area contributed by atoms with E-state index in [4.69, 9.17) is 5.73 Å². The Morgan fingerprint density at radius 2 is 1.86 bits per heavy atom. The number of hydrogen-bond acceptors (Lipinski definition) is 4. The molecule has 0 aliphatic carbocycles. The maximum Gasteiger partial charge on any atom is 0.278 e. The number of rotatable bonds is 2. The van der Waals surface area contributed by atoms with E-state index in [0.717, 1.165) is 16.8 Å². The van der Waals surface area contributed by atoms with Crippen molar-refractivity contribution in [2.75, 3.05) is 19.3 Å². The second-order valence-electron chi connectivity index (χ2n) is 6.75. The van der Waals surface area contributed by atoms with Crippen molar-refractivity contribution >= 4 is 22.5 Å². The number of aryl methyl sites for hydroxylation is 1. The van der Waals surface area contributed by atoms with Crippen LogP contribution in [-0.2, 0) is 13.1 Å². The van der Waals surface area contributed by atoms with E-state index in [1.165, 1.54) is 4.90 Å². The summed E-state index contributed by atoms with van der Waals surface area (Å²) < 4.78 is 43.3. The Morgan fingerprint density at radius 1 is 1.14 bits per heavy atom. The second kappa shape index (κ2) is 6.11. The summed E-state index contributed by atoms with van der Waals surface area (Å²) in [5.74, 6) is -4.62. The maximum absolute atomic E-state index is 14.0. The number of carbonyl (C=O) groups is 1. The standard InChI is InChI=1S/C18H16F3N5O2/c1-8-15-11(14(22)16-18(28)24(2)5-6-25(15)16)17(27)26(23-8)7-9-3-4-10(19)13(21)12(9)20/h3-4H,5-7,22H2,1-2H3. The highest BCUT2D eigenvalue weighted by Gasteiger charge is 2.30. The molecule has 1 amide bonds. The van der Waals surface area contributed by atoms with Crippen molar-refractivity contribution in [3.8, 4) is 0 Å². The molecular formula is C18H16F3N5O2. The third-order valence-electron chi connectivity index (χ3n) is 5.01. The van der Waals surface area contributed by atoms with Gasteiger partial charge in [0, 0.05) is 25.7 Å². The first-order valence-electron chi connectivity index (χ1n) is 8.49. The summed E-state index contributed by atoms with van der Waals surface area (Å²) >= 11 is 0. The Kier molecular flexibility index (Phi) is 3.95. The van der Waals surface area contributed by atoms with Gasteiger partial charge in [-0.3, -0.25) is 9.59 Å². The zero-order valence-electron chi connectivity index (χ0n) is 15.1. The van der Waals surface area contributed by atoms with Gasteiger partial charge in [-0.15, -0.1) is 0 Å². The highest BCUT2D eigenvalue weighted by Crippen LogP contribution is 2.30. The lowest BCUT2D eigenvalue weighted by Gasteiger charge is -2.25. The van der Waals surface area contributed by atoms with Crippen molar-refractivity contribution in [2.45, 2.75) is 20.0 Å². The van der Waals surface area contributed by atoms with Crippen molar-refractivity contribution in [3.05, 3.63) is 56.9 Å². The molecule has 0 saturated heterocycles. The normalized spacial score (nSPS) is 14.0. The molecule has 0 atom stereocenters. The molecule has 1 aliphatic heterocycles. The molecule has 4 rings (SSSR count). The fourth-order valence-electron chi connectivity index (χ4n) is 3.58. The quantitative estimate of drug-likeness (QED) is 0.673. The van der Waals surface area contributed by atoms with E-state index in [9.17, 15) is 22.8 Å². The number of anilines is 1. The Morgan fingerprint density at radius 3 is 2.57 bits per heavy atom. The summed E-state index contributed by atoms with van der Waals surface area (Å²) in [6, 6.07) is 1.83. The van der Waals surface area contributed by atoms with Gasteiger partial charge in [0.1, 0.15) is 5.69 Å². The van der Waals surface area contributed by atoms with Crippen LogP contribution in [0.2, 0.25) is 0 Å². The largest absolute Gasteiger partial charge is 0.396 e. The molecule has 3 heterocycles. The molecule has 0 fully saturated rings. The van der Waals surface area contributed by atoms with Crippen LogP contribution in [0.15, 0.2) is 16.9 Å². The lowest BCUT2D eigenvalue weighted by Crippen LogP contribution is -2.37. The molecule has 10 heteroatoms. The van der Waals surface area contributed by atoms with Crippen LogP contribution in [0.3, 0.4) is 0 Å². The van der Waals surface area contributed by atoms with E-state index >= 15 is 0 Å². The average molecular weight is 391 g/mol. The molecular weight excluding hydrogens is 375 g/mol. The second-order valence-corrected chi connectivity index (χ2v) is 6.75. The number of nitrogens with zero attached hydrogens (tertiary/aromatic N) is 4. The predicted octanol–water partition coefficient (Wildman–Crippen LogP) is 1.64. The minimum atomic E-state index is -1.61. The lowest BCUT2D eigenvalue weighted by molar-refractivity contribution is 0.0752. The summed E-state index contributed by atoms with van der Waals surface area (Å²) in [6.07, 6.45) is 0. The number of hydrogen-bond donors (Lipinski definition) is 1. The molecule has 0 saturated carbocycles. The number of halogens is 3. The number of likely N-dealkylation sites (N-methyl/N-ethyl adjacent to an activating group) is 1. The van der Waals surface area contributed by atoms with E-state index in [0.29, 0.717) is 24.3 Å². The summed E-state index contributed by atoms with van der Waals surface area (Å²) in [6.45, 7) is 2.13. The topological polar surface area (TPSA) is 86.2 Å². The van der Waals surface area contributed by atoms with E-state index in [1.807, 2.05) is 0 Å².